The highest BCUT2D eigenvalue weighted by Gasteiger charge is 2.16. The first-order valence-corrected chi connectivity index (χ1v) is 7.56. The van der Waals surface area contributed by atoms with Crippen LogP contribution in [0.5, 0.6) is 5.75 Å². The SMILES string of the molecule is Cn1nnnc1COc1ccc(C(=O)NC[C@H]2CCCO2)cc1. The summed E-state index contributed by atoms with van der Waals surface area (Å²) in [6.45, 7) is 1.61. The highest BCUT2D eigenvalue weighted by atomic mass is 16.5. The second-order valence-corrected chi connectivity index (χ2v) is 5.38. The van der Waals surface area contributed by atoms with Crippen molar-refractivity contribution < 1.29 is 14.3 Å². The molecule has 1 N–H and O–H groups in total. The molecule has 0 aliphatic carbocycles. The van der Waals surface area contributed by atoms with Gasteiger partial charge in [-0.15, -0.1) is 5.10 Å². The number of carbonyl (C=O) groups excluding carboxylic acids is 1. The Labute approximate surface area is 133 Å². The molecule has 8 heteroatoms. The zero-order valence-electron chi connectivity index (χ0n) is 12.9. The molecule has 1 aromatic carbocycles. The highest BCUT2D eigenvalue weighted by Crippen LogP contribution is 2.14. The average Bonchev–Trinajstić information content (AvgIpc) is 3.23. The van der Waals surface area contributed by atoms with Crippen molar-refractivity contribution in [3.63, 3.8) is 0 Å². The van der Waals surface area contributed by atoms with Crippen LogP contribution in [0, 0.1) is 0 Å². The third-order valence-electron chi connectivity index (χ3n) is 3.71. The highest BCUT2D eigenvalue weighted by molar-refractivity contribution is 5.94. The van der Waals surface area contributed by atoms with Crippen LogP contribution in [-0.4, -0.2) is 45.4 Å². The van der Waals surface area contributed by atoms with E-state index in [9.17, 15) is 4.79 Å². The van der Waals surface area contributed by atoms with Crippen LogP contribution in [0.4, 0.5) is 0 Å². The van der Waals surface area contributed by atoms with E-state index in [0.29, 0.717) is 23.7 Å². The van der Waals surface area contributed by atoms with E-state index in [1.165, 1.54) is 0 Å². The molecule has 2 aromatic rings. The van der Waals surface area contributed by atoms with Gasteiger partial charge in [0.1, 0.15) is 12.4 Å². The summed E-state index contributed by atoms with van der Waals surface area (Å²) in [6, 6.07) is 6.97. The van der Waals surface area contributed by atoms with E-state index in [1.807, 2.05) is 0 Å². The summed E-state index contributed by atoms with van der Waals surface area (Å²) in [4.78, 5) is 12.1. The van der Waals surface area contributed by atoms with Crippen molar-refractivity contribution in [3.05, 3.63) is 35.7 Å². The Hall–Kier alpha value is -2.48. The lowest BCUT2D eigenvalue weighted by Gasteiger charge is -2.11. The number of hydrogen-bond acceptors (Lipinski definition) is 6. The molecular weight excluding hydrogens is 298 g/mol. The molecule has 3 rings (SSSR count). The summed E-state index contributed by atoms with van der Waals surface area (Å²) < 4.78 is 12.6. The largest absolute Gasteiger partial charge is 0.486 e. The normalized spacial score (nSPS) is 17.2. The van der Waals surface area contributed by atoms with Gasteiger partial charge in [-0.05, 0) is 47.5 Å². The van der Waals surface area contributed by atoms with Crippen molar-refractivity contribution >= 4 is 5.91 Å². The summed E-state index contributed by atoms with van der Waals surface area (Å²) >= 11 is 0. The Bertz CT molecular complexity index is 649. The van der Waals surface area contributed by atoms with Gasteiger partial charge in [0.25, 0.3) is 5.91 Å². The lowest BCUT2D eigenvalue weighted by atomic mass is 10.2. The van der Waals surface area contributed by atoms with Crippen LogP contribution in [-0.2, 0) is 18.4 Å². The minimum atomic E-state index is -0.107. The first kappa shape index (κ1) is 15.4. The minimum Gasteiger partial charge on any atom is -0.486 e. The molecule has 0 saturated carbocycles. The van der Waals surface area contributed by atoms with Gasteiger partial charge in [0, 0.05) is 25.8 Å². The fourth-order valence-electron chi connectivity index (χ4n) is 2.33. The fourth-order valence-corrected chi connectivity index (χ4v) is 2.33. The molecule has 1 amide bonds. The van der Waals surface area contributed by atoms with Gasteiger partial charge in [-0.3, -0.25) is 4.79 Å². The zero-order valence-corrected chi connectivity index (χ0v) is 12.9. The lowest BCUT2D eigenvalue weighted by Crippen LogP contribution is -2.31. The van der Waals surface area contributed by atoms with Crippen molar-refractivity contribution in [2.24, 2.45) is 7.05 Å². The number of carbonyl (C=O) groups is 1. The topological polar surface area (TPSA) is 91.2 Å². The first-order valence-electron chi connectivity index (χ1n) is 7.56. The Morgan fingerprint density at radius 2 is 2.26 bits per heavy atom. The van der Waals surface area contributed by atoms with E-state index in [-0.39, 0.29) is 18.6 Å². The summed E-state index contributed by atoms with van der Waals surface area (Å²) in [6.07, 6.45) is 2.21. The maximum Gasteiger partial charge on any atom is 0.251 e. The number of rotatable bonds is 6. The average molecular weight is 317 g/mol. The monoisotopic (exact) mass is 317 g/mol. The van der Waals surface area contributed by atoms with Crippen molar-refractivity contribution in [1.82, 2.24) is 25.5 Å². The molecule has 2 heterocycles. The van der Waals surface area contributed by atoms with Gasteiger partial charge in [-0.2, -0.15) is 0 Å². The van der Waals surface area contributed by atoms with Gasteiger partial charge >= 0.3 is 0 Å². The Morgan fingerprint density at radius 1 is 1.43 bits per heavy atom. The van der Waals surface area contributed by atoms with Crippen LogP contribution in [0.15, 0.2) is 24.3 Å². The molecular formula is C15H19N5O3. The van der Waals surface area contributed by atoms with Crippen LogP contribution in [0.2, 0.25) is 0 Å². The van der Waals surface area contributed by atoms with E-state index in [2.05, 4.69) is 20.8 Å². The summed E-state index contributed by atoms with van der Waals surface area (Å²) in [7, 11) is 1.75. The molecule has 0 bridgehead atoms. The molecule has 1 fully saturated rings. The van der Waals surface area contributed by atoms with Crippen LogP contribution >= 0.6 is 0 Å². The molecule has 23 heavy (non-hydrogen) atoms. The number of amides is 1. The number of nitrogens with zero attached hydrogens (tertiary/aromatic N) is 4. The van der Waals surface area contributed by atoms with E-state index in [4.69, 9.17) is 9.47 Å². The quantitative estimate of drug-likeness (QED) is 0.843. The molecule has 1 aliphatic rings. The van der Waals surface area contributed by atoms with Gasteiger partial charge in [0.05, 0.1) is 6.10 Å². The molecule has 1 aromatic heterocycles. The van der Waals surface area contributed by atoms with Gasteiger partial charge in [0.2, 0.25) is 0 Å². The number of aromatic nitrogens is 4. The van der Waals surface area contributed by atoms with E-state index in [0.717, 1.165) is 19.4 Å². The standard InChI is InChI=1S/C15H19N5O3/c1-20-14(17-18-19-20)10-23-12-6-4-11(5-7-12)15(21)16-9-13-3-2-8-22-13/h4-7,13H,2-3,8-10H2,1H3,(H,16,21)/t13-/m1/s1. The molecule has 122 valence electrons. The predicted molar refractivity (Wildman–Crippen MR) is 80.9 cm³/mol. The first-order chi connectivity index (χ1) is 11.2. The van der Waals surface area contributed by atoms with Crippen LogP contribution in [0.1, 0.15) is 29.0 Å². The van der Waals surface area contributed by atoms with Crippen molar-refractivity contribution in [2.45, 2.75) is 25.6 Å². The van der Waals surface area contributed by atoms with Crippen molar-refractivity contribution in [2.75, 3.05) is 13.2 Å². The molecule has 1 saturated heterocycles. The second kappa shape index (κ2) is 7.19. The number of benzene rings is 1. The molecule has 0 unspecified atom stereocenters. The van der Waals surface area contributed by atoms with Crippen LogP contribution < -0.4 is 10.1 Å². The van der Waals surface area contributed by atoms with Gasteiger partial charge < -0.3 is 14.8 Å². The summed E-state index contributed by atoms with van der Waals surface area (Å²) in [5, 5.41) is 14.0. The molecule has 1 atom stereocenters. The zero-order chi connectivity index (χ0) is 16.1. The van der Waals surface area contributed by atoms with Crippen molar-refractivity contribution in [1.29, 1.82) is 0 Å². The Morgan fingerprint density at radius 3 is 2.91 bits per heavy atom. The van der Waals surface area contributed by atoms with Gasteiger partial charge in [-0.25, -0.2) is 4.68 Å². The smallest absolute Gasteiger partial charge is 0.251 e. The summed E-state index contributed by atoms with van der Waals surface area (Å²) in [5.74, 6) is 1.18. The summed E-state index contributed by atoms with van der Waals surface area (Å²) in [5.41, 5.74) is 0.593. The number of ether oxygens (including phenoxy) is 2. The van der Waals surface area contributed by atoms with Crippen LogP contribution in [0.25, 0.3) is 0 Å². The molecule has 0 radical (unpaired) electrons. The van der Waals surface area contributed by atoms with E-state index >= 15 is 0 Å². The van der Waals surface area contributed by atoms with Crippen molar-refractivity contribution in [3.8, 4) is 5.75 Å². The molecule has 1 aliphatic heterocycles. The number of tetrazole rings is 1. The number of aryl methyl sites for hydroxylation is 1. The van der Waals surface area contributed by atoms with Gasteiger partial charge in [-0.1, -0.05) is 0 Å². The lowest BCUT2D eigenvalue weighted by molar-refractivity contribution is 0.0857. The minimum absolute atomic E-state index is 0.107. The van der Waals surface area contributed by atoms with E-state index < -0.39 is 0 Å². The fraction of sp³-hybridized carbons (Fsp3) is 0.467. The third-order valence-corrected chi connectivity index (χ3v) is 3.71. The number of hydrogen-bond donors (Lipinski definition) is 1. The van der Waals surface area contributed by atoms with Crippen LogP contribution in [0.3, 0.4) is 0 Å². The number of nitrogens with one attached hydrogen (secondary N) is 1. The molecule has 0 spiro atoms. The maximum absolute atomic E-state index is 12.1. The second-order valence-electron chi connectivity index (χ2n) is 5.38. The van der Waals surface area contributed by atoms with Gasteiger partial charge in [0.15, 0.2) is 5.82 Å². The molecule has 8 nitrogen and oxygen atoms in total. The third kappa shape index (κ3) is 4.04. The predicted octanol–water partition coefficient (Wildman–Crippen LogP) is 0.698. The Balaban J connectivity index is 1.49. The maximum atomic E-state index is 12.1. The van der Waals surface area contributed by atoms with E-state index in [1.54, 1.807) is 36.0 Å². The Kier molecular flexibility index (Phi) is 4.82.